The summed E-state index contributed by atoms with van der Waals surface area (Å²) in [6, 6.07) is 5.84. The van der Waals surface area contributed by atoms with Crippen LogP contribution in [0.4, 0.5) is 18.9 Å². The fraction of sp³-hybridized carbons (Fsp3) is 0.414. The molecule has 39 heavy (non-hydrogen) atoms. The number of halogens is 3. The van der Waals surface area contributed by atoms with Crippen molar-refractivity contribution in [2.45, 2.75) is 50.7 Å². The number of ether oxygens (including phenoxy) is 1. The van der Waals surface area contributed by atoms with Crippen molar-refractivity contribution in [3.8, 4) is 11.3 Å². The van der Waals surface area contributed by atoms with E-state index in [0.717, 1.165) is 49.1 Å². The van der Waals surface area contributed by atoms with Crippen LogP contribution in [0, 0.1) is 29.3 Å². The summed E-state index contributed by atoms with van der Waals surface area (Å²) >= 11 is 0. The largest absolute Gasteiger partial charge is 0.380 e. The van der Waals surface area contributed by atoms with E-state index >= 15 is 8.78 Å². The molecule has 2 aliphatic rings. The van der Waals surface area contributed by atoms with Crippen LogP contribution in [0.25, 0.3) is 11.3 Å². The minimum atomic E-state index is -1.51. The minimum Gasteiger partial charge on any atom is -0.380 e. The molecule has 0 unspecified atom stereocenters. The minimum absolute atomic E-state index is 0.0203. The van der Waals surface area contributed by atoms with E-state index in [1.54, 1.807) is 6.20 Å². The molecule has 1 aromatic carbocycles. The molecule has 4 N–H and O–H groups in total. The van der Waals surface area contributed by atoms with Gasteiger partial charge in [0.2, 0.25) is 0 Å². The second-order valence-corrected chi connectivity index (χ2v) is 11.0. The summed E-state index contributed by atoms with van der Waals surface area (Å²) in [7, 11) is 0. The van der Waals surface area contributed by atoms with Crippen molar-refractivity contribution >= 4 is 11.6 Å². The number of aromatic nitrogens is 2. The number of aliphatic hydroxyl groups is 1. The van der Waals surface area contributed by atoms with Crippen LogP contribution in [0.1, 0.15) is 60.6 Å². The van der Waals surface area contributed by atoms with Gasteiger partial charge in [-0.05, 0) is 78.5 Å². The Morgan fingerprint density at radius 1 is 1.10 bits per heavy atom. The third-order valence-corrected chi connectivity index (χ3v) is 7.84. The Morgan fingerprint density at radius 3 is 2.46 bits per heavy atom. The van der Waals surface area contributed by atoms with Crippen molar-refractivity contribution in [2.75, 3.05) is 18.5 Å². The number of anilines is 1. The highest BCUT2D eigenvalue weighted by molar-refractivity contribution is 6.03. The second-order valence-electron chi connectivity index (χ2n) is 11.0. The first-order chi connectivity index (χ1) is 18.6. The van der Waals surface area contributed by atoms with Gasteiger partial charge < -0.3 is 20.9 Å². The standard InChI is InChI=1S/C29H31F3N4O3/c1-15(2)16-7-17(9-19(33)8-16)20-5-6-34-12-25(20)36-28(37)24-4-3-21(30)27(35-24)26-22(31)10-18(11-23(26)32)29(38)13-39-14-29/h3-6,10-12,15-17,19,38H,7-9,13-14,33H2,1-2H3,(H,36,37)/t16-,17+,19-/m0/s1. The van der Waals surface area contributed by atoms with Gasteiger partial charge in [-0.25, -0.2) is 18.2 Å². The number of nitrogens with zero attached hydrogens (tertiary/aromatic N) is 2. The number of benzene rings is 1. The molecule has 5 rings (SSSR count). The maximum atomic E-state index is 15.0. The Bertz CT molecular complexity index is 1370. The lowest BCUT2D eigenvalue weighted by molar-refractivity contribution is -0.184. The molecule has 7 nitrogen and oxygen atoms in total. The first kappa shape index (κ1) is 27.2. The summed E-state index contributed by atoms with van der Waals surface area (Å²) in [5, 5.41) is 13.2. The average Bonchev–Trinajstić information content (AvgIpc) is 2.87. The number of nitrogens with one attached hydrogen (secondary N) is 1. The zero-order valence-corrected chi connectivity index (χ0v) is 21.8. The lowest BCUT2D eigenvalue weighted by Gasteiger charge is -2.36. The summed E-state index contributed by atoms with van der Waals surface area (Å²) in [5.41, 5.74) is 4.60. The maximum Gasteiger partial charge on any atom is 0.274 e. The van der Waals surface area contributed by atoms with Crippen LogP contribution in [0.5, 0.6) is 0 Å². The highest BCUT2D eigenvalue weighted by Gasteiger charge is 2.39. The molecule has 1 aliphatic carbocycles. The SMILES string of the molecule is CC(C)[C@@H]1C[C@H](N)C[C@H](c2ccncc2NC(=O)c2ccc(F)c(-c3c(F)cc(C4(O)COC4)cc3F)n2)C1. The summed E-state index contributed by atoms with van der Waals surface area (Å²) in [5.74, 6) is -2.86. The maximum absolute atomic E-state index is 15.0. The van der Waals surface area contributed by atoms with Crippen molar-refractivity contribution in [2.24, 2.45) is 17.6 Å². The van der Waals surface area contributed by atoms with Gasteiger partial charge in [0.1, 0.15) is 34.4 Å². The summed E-state index contributed by atoms with van der Waals surface area (Å²) in [4.78, 5) is 21.3. The molecule has 1 saturated heterocycles. The van der Waals surface area contributed by atoms with Crippen LogP contribution in [-0.4, -0.2) is 40.2 Å². The lowest BCUT2D eigenvalue weighted by Crippen LogP contribution is -2.46. The molecule has 1 amide bonds. The van der Waals surface area contributed by atoms with Crippen LogP contribution < -0.4 is 11.1 Å². The molecule has 1 aliphatic heterocycles. The van der Waals surface area contributed by atoms with Crippen LogP contribution >= 0.6 is 0 Å². The van der Waals surface area contributed by atoms with Gasteiger partial charge >= 0.3 is 0 Å². The number of amides is 1. The zero-order chi connectivity index (χ0) is 27.9. The normalized spacial score (nSPS) is 22.4. The van der Waals surface area contributed by atoms with Crippen LogP contribution in [0.2, 0.25) is 0 Å². The van der Waals surface area contributed by atoms with E-state index < -0.39 is 40.2 Å². The third-order valence-electron chi connectivity index (χ3n) is 7.84. The molecule has 3 aromatic rings. The quantitative estimate of drug-likeness (QED) is 0.410. The molecule has 206 valence electrons. The molecule has 3 atom stereocenters. The van der Waals surface area contributed by atoms with Crippen molar-refractivity contribution < 1.29 is 27.8 Å². The molecule has 0 bridgehead atoms. The van der Waals surface area contributed by atoms with Gasteiger partial charge in [-0.3, -0.25) is 9.78 Å². The average molecular weight is 541 g/mol. The second kappa shape index (κ2) is 10.7. The number of nitrogens with two attached hydrogens (primary N) is 1. The Hall–Kier alpha value is -3.34. The van der Waals surface area contributed by atoms with Crippen molar-refractivity contribution in [1.82, 2.24) is 9.97 Å². The van der Waals surface area contributed by atoms with Gasteiger partial charge in [0.25, 0.3) is 5.91 Å². The molecule has 2 aromatic heterocycles. The Morgan fingerprint density at radius 2 is 1.82 bits per heavy atom. The van der Waals surface area contributed by atoms with Crippen molar-refractivity contribution in [3.05, 3.63) is 77.0 Å². The number of hydrogen-bond donors (Lipinski definition) is 3. The van der Waals surface area contributed by atoms with Gasteiger partial charge in [-0.2, -0.15) is 0 Å². The topological polar surface area (TPSA) is 110 Å². The molecule has 3 heterocycles. The summed E-state index contributed by atoms with van der Waals surface area (Å²) < 4.78 is 49.7. The third kappa shape index (κ3) is 5.41. The van der Waals surface area contributed by atoms with E-state index in [-0.39, 0.29) is 36.4 Å². The first-order valence-electron chi connectivity index (χ1n) is 13.0. The van der Waals surface area contributed by atoms with Crippen molar-refractivity contribution in [1.29, 1.82) is 0 Å². The highest BCUT2D eigenvalue weighted by atomic mass is 19.1. The predicted molar refractivity (Wildman–Crippen MR) is 139 cm³/mol. The zero-order valence-electron chi connectivity index (χ0n) is 21.8. The van der Waals surface area contributed by atoms with Crippen LogP contribution in [0.3, 0.4) is 0 Å². The number of carbonyl (C=O) groups is 1. The Balaban J connectivity index is 1.42. The molecular weight excluding hydrogens is 509 g/mol. The van der Waals surface area contributed by atoms with Gasteiger partial charge in [0.05, 0.1) is 30.7 Å². The van der Waals surface area contributed by atoms with Crippen LogP contribution in [0.15, 0.2) is 42.7 Å². The lowest BCUT2D eigenvalue weighted by atomic mass is 9.72. The summed E-state index contributed by atoms with van der Waals surface area (Å²) in [6.45, 7) is 4.15. The van der Waals surface area contributed by atoms with Gasteiger partial charge in [0.15, 0.2) is 0 Å². The monoisotopic (exact) mass is 540 g/mol. The number of carbonyl (C=O) groups excluding carboxylic acids is 1. The van der Waals surface area contributed by atoms with Crippen LogP contribution in [-0.2, 0) is 10.3 Å². The van der Waals surface area contributed by atoms with E-state index in [0.29, 0.717) is 17.5 Å². The molecule has 0 radical (unpaired) electrons. The molecule has 2 fully saturated rings. The van der Waals surface area contributed by atoms with Gasteiger partial charge in [-0.15, -0.1) is 0 Å². The predicted octanol–water partition coefficient (Wildman–Crippen LogP) is 4.90. The van der Waals surface area contributed by atoms with E-state index in [4.69, 9.17) is 10.5 Å². The van der Waals surface area contributed by atoms with E-state index in [2.05, 4.69) is 29.1 Å². The fourth-order valence-electron chi connectivity index (χ4n) is 5.53. The molecule has 0 spiro atoms. The van der Waals surface area contributed by atoms with Gasteiger partial charge in [0, 0.05) is 12.2 Å². The summed E-state index contributed by atoms with van der Waals surface area (Å²) in [6.07, 6.45) is 5.84. The van der Waals surface area contributed by atoms with E-state index in [9.17, 15) is 14.3 Å². The number of hydrogen-bond acceptors (Lipinski definition) is 6. The van der Waals surface area contributed by atoms with Gasteiger partial charge in [-0.1, -0.05) is 13.8 Å². The first-order valence-corrected chi connectivity index (χ1v) is 13.0. The fourth-order valence-corrected chi connectivity index (χ4v) is 5.53. The highest BCUT2D eigenvalue weighted by Crippen LogP contribution is 2.41. The molecular formula is C29H31F3N4O3. The Kier molecular flexibility index (Phi) is 7.45. The Labute approximate surface area is 224 Å². The van der Waals surface area contributed by atoms with E-state index in [1.165, 1.54) is 6.20 Å². The number of pyridine rings is 2. The smallest absolute Gasteiger partial charge is 0.274 e. The van der Waals surface area contributed by atoms with E-state index in [1.807, 2.05) is 6.07 Å². The van der Waals surface area contributed by atoms with Crippen molar-refractivity contribution in [3.63, 3.8) is 0 Å². The molecule has 10 heteroatoms. The number of rotatable bonds is 6. The molecule has 1 saturated carbocycles.